The normalized spacial score (nSPS) is 10.4. The Balaban J connectivity index is 2.02. The highest BCUT2D eigenvalue weighted by Crippen LogP contribution is 2.23. The van der Waals surface area contributed by atoms with Crippen LogP contribution in [0.25, 0.3) is 10.8 Å². The molecule has 5 nitrogen and oxygen atoms in total. The Morgan fingerprint density at radius 3 is 2.75 bits per heavy atom. The number of hydrogen-bond acceptors (Lipinski definition) is 4. The number of nitrogens with two attached hydrogens (primary N) is 1. The van der Waals surface area contributed by atoms with Gasteiger partial charge in [-0.1, -0.05) is 12.1 Å². The standard InChI is InChI=1S/C15H12N4O/c16-13-5-1-4-12-11(13)6-8-18-14(12)15(20)19-10-3-2-7-17-9-10/h1-9H,16H2,(H,19,20). The molecule has 0 unspecified atom stereocenters. The zero-order chi connectivity index (χ0) is 13.9. The van der Waals surface area contributed by atoms with Gasteiger partial charge in [-0.05, 0) is 24.3 Å². The van der Waals surface area contributed by atoms with Crippen LogP contribution in [0.3, 0.4) is 0 Å². The van der Waals surface area contributed by atoms with Crippen molar-refractivity contribution in [1.29, 1.82) is 0 Å². The Hall–Kier alpha value is -2.95. The van der Waals surface area contributed by atoms with Gasteiger partial charge in [-0.15, -0.1) is 0 Å². The van der Waals surface area contributed by atoms with Gasteiger partial charge in [-0.2, -0.15) is 0 Å². The number of nitrogens with zero attached hydrogens (tertiary/aromatic N) is 2. The van der Waals surface area contributed by atoms with Crippen molar-refractivity contribution >= 4 is 28.1 Å². The summed E-state index contributed by atoms with van der Waals surface area (Å²) in [5, 5.41) is 4.31. The highest BCUT2D eigenvalue weighted by molar-refractivity contribution is 6.12. The molecule has 0 radical (unpaired) electrons. The van der Waals surface area contributed by atoms with Crippen LogP contribution in [0.5, 0.6) is 0 Å². The molecule has 0 aliphatic heterocycles. The molecule has 0 saturated heterocycles. The van der Waals surface area contributed by atoms with Crippen LogP contribution in [0.15, 0.2) is 55.0 Å². The minimum atomic E-state index is -0.283. The Labute approximate surface area is 115 Å². The van der Waals surface area contributed by atoms with E-state index >= 15 is 0 Å². The van der Waals surface area contributed by atoms with Crippen LogP contribution in [0.4, 0.5) is 11.4 Å². The molecular weight excluding hydrogens is 252 g/mol. The third kappa shape index (κ3) is 2.16. The summed E-state index contributed by atoms with van der Waals surface area (Å²) in [5.74, 6) is -0.283. The Kier molecular flexibility index (Phi) is 3.01. The number of benzene rings is 1. The topological polar surface area (TPSA) is 80.9 Å². The van der Waals surface area contributed by atoms with Crippen molar-refractivity contribution < 1.29 is 4.79 Å². The van der Waals surface area contributed by atoms with E-state index in [0.29, 0.717) is 17.1 Å². The van der Waals surface area contributed by atoms with Crippen LogP contribution in [-0.4, -0.2) is 15.9 Å². The molecule has 3 aromatic rings. The van der Waals surface area contributed by atoms with Crippen LogP contribution >= 0.6 is 0 Å². The number of carbonyl (C=O) groups is 1. The van der Waals surface area contributed by atoms with Gasteiger partial charge in [0.05, 0.1) is 11.9 Å². The lowest BCUT2D eigenvalue weighted by Gasteiger charge is -2.08. The van der Waals surface area contributed by atoms with Gasteiger partial charge in [0.2, 0.25) is 0 Å². The van der Waals surface area contributed by atoms with Gasteiger partial charge in [-0.25, -0.2) is 0 Å². The van der Waals surface area contributed by atoms with Gasteiger partial charge in [0, 0.05) is 28.9 Å². The SMILES string of the molecule is Nc1cccc2c(C(=O)Nc3cccnc3)nccc12. The van der Waals surface area contributed by atoms with Gasteiger partial charge in [-0.3, -0.25) is 14.8 Å². The van der Waals surface area contributed by atoms with E-state index in [4.69, 9.17) is 5.73 Å². The molecule has 0 fully saturated rings. The van der Waals surface area contributed by atoms with Gasteiger partial charge < -0.3 is 11.1 Å². The third-order valence-corrected chi connectivity index (χ3v) is 2.97. The second kappa shape index (κ2) is 4.97. The van der Waals surface area contributed by atoms with Gasteiger partial charge in [0.15, 0.2) is 0 Å². The largest absolute Gasteiger partial charge is 0.398 e. The summed E-state index contributed by atoms with van der Waals surface area (Å²) in [6, 6.07) is 10.8. The first-order valence-corrected chi connectivity index (χ1v) is 6.10. The Morgan fingerprint density at radius 1 is 1.05 bits per heavy atom. The molecule has 0 aliphatic carbocycles. The molecule has 20 heavy (non-hydrogen) atoms. The van der Waals surface area contributed by atoms with Gasteiger partial charge in [0.1, 0.15) is 5.69 Å². The fourth-order valence-electron chi connectivity index (χ4n) is 2.04. The van der Waals surface area contributed by atoms with Crippen molar-refractivity contribution in [2.45, 2.75) is 0 Å². The summed E-state index contributed by atoms with van der Waals surface area (Å²) >= 11 is 0. The maximum atomic E-state index is 12.3. The van der Waals surface area contributed by atoms with Crippen molar-refractivity contribution in [3.05, 3.63) is 60.7 Å². The highest BCUT2D eigenvalue weighted by Gasteiger charge is 2.12. The number of carbonyl (C=O) groups excluding carboxylic acids is 1. The van der Waals surface area contributed by atoms with E-state index in [2.05, 4.69) is 15.3 Å². The van der Waals surface area contributed by atoms with E-state index in [0.717, 1.165) is 10.8 Å². The van der Waals surface area contributed by atoms with Crippen molar-refractivity contribution in [2.75, 3.05) is 11.1 Å². The third-order valence-electron chi connectivity index (χ3n) is 2.97. The van der Waals surface area contributed by atoms with Crippen LogP contribution in [0.2, 0.25) is 0 Å². The van der Waals surface area contributed by atoms with Crippen LogP contribution in [0, 0.1) is 0 Å². The minimum absolute atomic E-state index is 0.283. The summed E-state index contributed by atoms with van der Waals surface area (Å²) in [6.45, 7) is 0. The van der Waals surface area contributed by atoms with E-state index in [9.17, 15) is 4.79 Å². The summed E-state index contributed by atoms with van der Waals surface area (Å²) in [5.41, 5.74) is 7.50. The van der Waals surface area contributed by atoms with E-state index in [-0.39, 0.29) is 5.91 Å². The molecule has 0 bridgehead atoms. The average molecular weight is 264 g/mol. The van der Waals surface area contributed by atoms with E-state index in [1.165, 1.54) is 0 Å². The van der Waals surface area contributed by atoms with E-state index < -0.39 is 0 Å². The van der Waals surface area contributed by atoms with E-state index in [1.54, 1.807) is 48.9 Å². The molecule has 3 N–H and O–H groups in total. The lowest BCUT2D eigenvalue weighted by molar-refractivity contribution is 0.102. The number of anilines is 2. The fraction of sp³-hybridized carbons (Fsp3) is 0. The highest BCUT2D eigenvalue weighted by atomic mass is 16.1. The summed E-state index contributed by atoms with van der Waals surface area (Å²) in [6.07, 6.45) is 4.81. The number of rotatable bonds is 2. The molecule has 0 saturated carbocycles. The number of fused-ring (bicyclic) bond motifs is 1. The second-order valence-electron chi connectivity index (χ2n) is 4.30. The first kappa shape index (κ1) is 12.1. The predicted molar refractivity (Wildman–Crippen MR) is 78.3 cm³/mol. The van der Waals surface area contributed by atoms with Crippen molar-refractivity contribution in [3.63, 3.8) is 0 Å². The molecule has 1 amide bonds. The average Bonchev–Trinajstić information content (AvgIpc) is 2.48. The molecule has 2 heterocycles. The number of aromatic nitrogens is 2. The first-order chi connectivity index (χ1) is 9.75. The van der Waals surface area contributed by atoms with Crippen LogP contribution < -0.4 is 11.1 Å². The van der Waals surface area contributed by atoms with Crippen molar-refractivity contribution in [2.24, 2.45) is 0 Å². The molecule has 1 aromatic carbocycles. The summed E-state index contributed by atoms with van der Waals surface area (Å²) < 4.78 is 0. The number of hydrogen-bond donors (Lipinski definition) is 2. The number of nitrogens with one attached hydrogen (secondary N) is 1. The first-order valence-electron chi connectivity index (χ1n) is 6.10. The number of nitrogen functional groups attached to an aromatic ring is 1. The number of amides is 1. The van der Waals surface area contributed by atoms with Crippen molar-refractivity contribution in [3.8, 4) is 0 Å². The quantitative estimate of drug-likeness (QED) is 0.697. The molecule has 2 aromatic heterocycles. The molecule has 0 aliphatic rings. The van der Waals surface area contributed by atoms with Crippen molar-refractivity contribution in [1.82, 2.24) is 9.97 Å². The smallest absolute Gasteiger partial charge is 0.274 e. The molecule has 0 atom stereocenters. The summed E-state index contributed by atoms with van der Waals surface area (Å²) in [7, 11) is 0. The van der Waals surface area contributed by atoms with Gasteiger partial charge >= 0.3 is 0 Å². The minimum Gasteiger partial charge on any atom is -0.398 e. The molecule has 3 rings (SSSR count). The van der Waals surface area contributed by atoms with E-state index in [1.807, 2.05) is 6.07 Å². The maximum Gasteiger partial charge on any atom is 0.274 e. The summed E-state index contributed by atoms with van der Waals surface area (Å²) in [4.78, 5) is 20.4. The second-order valence-corrected chi connectivity index (χ2v) is 4.30. The van der Waals surface area contributed by atoms with Crippen LogP contribution in [-0.2, 0) is 0 Å². The Morgan fingerprint density at radius 2 is 1.95 bits per heavy atom. The zero-order valence-corrected chi connectivity index (χ0v) is 10.6. The lowest BCUT2D eigenvalue weighted by Crippen LogP contribution is -2.14. The van der Waals surface area contributed by atoms with Gasteiger partial charge in [0.25, 0.3) is 5.91 Å². The predicted octanol–water partition coefficient (Wildman–Crippen LogP) is 2.46. The zero-order valence-electron chi connectivity index (χ0n) is 10.6. The Bertz CT molecular complexity index is 771. The van der Waals surface area contributed by atoms with Crippen LogP contribution in [0.1, 0.15) is 10.5 Å². The molecule has 98 valence electrons. The maximum absolute atomic E-state index is 12.3. The monoisotopic (exact) mass is 264 g/mol. The molecule has 0 spiro atoms. The molecular formula is C15H12N4O. The number of pyridine rings is 2. The molecule has 5 heteroatoms. The fourth-order valence-corrected chi connectivity index (χ4v) is 2.04. The lowest BCUT2D eigenvalue weighted by atomic mass is 10.1.